The first-order chi connectivity index (χ1) is 8.86. The van der Waals surface area contributed by atoms with Gasteiger partial charge in [-0.3, -0.25) is 9.69 Å². The van der Waals surface area contributed by atoms with Gasteiger partial charge in [0.1, 0.15) is 0 Å². The Hall–Kier alpha value is -1.39. The van der Waals surface area contributed by atoms with Crippen LogP contribution < -0.4 is 0 Å². The molecular weight excluding hydrogens is 230 g/mol. The second-order valence-corrected chi connectivity index (χ2v) is 3.93. The van der Waals surface area contributed by atoms with Gasteiger partial charge in [-0.05, 0) is 12.5 Å². The zero-order valence-electron chi connectivity index (χ0n) is 10.9. The fraction of sp³-hybridized carbons (Fsp3) is 0.500. The summed E-state index contributed by atoms with van der Waals surface area (Å²) in [5.41, 5.74) is 1.39. The lowest BCUT2D eigenvalue weighted by atomic mass is 10.2. The SMILES string of the molecule is CCOC=O.c1ccc(CN2CCOCC2)cc1. The number of hydrogen-bond acceptors (Lipinski definition) is 4. The van der Waals surface area contributed by atoms with Gasteiger partial charge in [-0.15, -0.1) is 0 Å². The number of morpholine rings is 1. The van der Waals surface area contributed by atoms with Crippen molar-refractivity contribution in [2.45, 2.75) is 13.5 Å². The third-order valence-corrected chi connectivity index (χ3v) is 2.59. The molecule has 1 aromatic rings. The number of rotatable bonds is 4. The lowest BCUT2D eigenvalue weighted by Crippen LogP contribution is -2.35. The summed E-state index contributed by atoms with van der Waals surface area (Å²) in [5.74, 6) is 0. The van der Waals surface area contributed by atoms with Crippen LogP contribution in [-0.4, -0.2) is 44.3 Å². The zero-order valence-corrected chi connectivity index (χ0v) is 10.9. The van der Waals surface area contributed by atoms with Gasteiger partial charge in [0.15, 0.2) is 0 Å². The monoisotopic (exact) mass is 251 g/mol. The number of carbonyl (C=O) groups is 1. The minimum atomic E-state index is 0.431. The Kier molecular flexibility index (Phi) is 7.84. The molecule has 4 heteroatoms. The van der Waals surface area contributed by atoms with E-state index in [9.17, 15) is 4.79 Å². The van der Waals surface area contributed by atoms with Gasteiger partial charge < -0.3 is 9.47 Å². The Balaban J connectivity index is 0.000000280. The van der Waals surface area contributed by atoms with Crippen LogP contribution in [0.15, 0.2) is 30.3 Å². The van der Waals surface area contributed by atoms with Gasteiger partial charge in [-0.25, -0.2) is 0 Å². The third-order valence-electron chi connectivity index (χ3n) is 2.59. The lowest BCUT2D eigenvalue weighted by Gasteiger charge is -2.26. The lowest BCUT2D eigenvalue weighted by molar-refractivity contribution is -0.128. The summed E-state index contributed by atoms with van der Waals surface area (Å²) in [6.45, 7) is 7.62. The third kappa shape index (κ3) is 6.37. The Morgan fingerprint density at radius 1 is 1.28 bits per heavy atom. The first-order valence-corrected chi connectivity index (χ1v) is 6.26. The largest absolute Gasteiger partial charge is 0.468 e. The standard InChI is InChI=1S/C11H15NO.C3H6O2/c1-2-4-11(5-3-1)10-12-6-8-13-9-7-12;1-2-5-3-4/h1-5H,6-10H2;3H,2H2,1H3. The van der Waals surface area contributed by atoms with E-state index in [1.807, 2.05) is 0 Å². The Bertz CT molecular complexity index is 310. The van der Waals surface area contributed by atoms with Crippen LogP contribution in [0.1, 0.15) is 12.5 Å². The molecule has 0 bridgehead atoms. The van der Waals surface area contributed by atoms with Crippen LogP contribution in [0.3, 0.4) is 0 Å². The van der Waals surface area contributed by atoms with Crippen molar-refractivity contribution >= 4 is 6.47 Å². The van der Waals surface area contributed by atoms with Crippen molar-refractivity contribution in [2.75, 3.05) is 32.9 Å². The number of hydrogen-bond donors (Lipinski definition) is 0. The van der Waals surface area contributed by atoms with Crippen molar-refractivity contribution in [3.8, 4) is 0 Å². The van der Waals surface area contributed by atoms with Crippen LogP contribution in [-0.2, 0) is 20.8 Å². The molecule has 0 aromatic heterocycles. The first-order valence-electron chi connectivity index (χ1n) is 6.26. The molecule has 0 amide bonds. The van der Waals surface area contributed by atoms with Crippen LogP contribution in [0, 0.1) is 0 Å². The van der Waals surface area contributed by atoms with E-state index in [1.165, 1.54) is 5.56 Å². The maximum absolute atomic E-state index is 9.18. The summed E-state index contributed by atoms with van der Waals surface area (Å²) in [7, 11) is 0. The summed E-state index contributed by atoms with van der Waals surface area (Å²) in [5, 5.41) is 0. The molecule has 1 saturated heterocycles. The molecule has 0 unspecified atom stereocenters. The molecule has 4 nitrogen and oxygen atoms in total. The van der Waals surface area contributed by atoms with Crippen LogP contribution in [0.25, 0.3) is 0 Å². The summed E-state index contributed by atoms with van der Waals surface area (Å²) in [6, 6.07) is 10.6. The van der Waals surface area contributed by atoms with Gasteiger partial charge in [0, 0.05) is 19.6 Å². The molecular formula is C14H21NO3. The summed E-state index contributed by atoms with van der Waals surface area (Å²) >= 11 is 0. The molecule has 1 fully saturated rings. The summed E-state index contributed by atoms with van der Waals surface area (Å²) < 4.78 is 9.45. The molecule has 0 N–H and O–H groups in total. The van der Waals surface area contributed by atoms with Gasteiger partial charge in [0.2, 0.25) is 0 Å². The molecule has 0 spiro atoms. The van der Waals surface area contributed by atoms with Gasteiger partial charge in [0.25, 0.3) is 6.47 Å². The second kappa shape index (κ2) is 9.62. The van der Waals surface area contributed by atoms with Crippen molar-refractivity contribution in [2.24, 2.45) is 0 Å². The molecule has 100 valence electrons. The smallest absolute Gasteiger partial charge is 0.293 e. The molecule has 1 heterocycles. The maximum Gasteiger partial charge on any atom is 0.293 e. The minimum absolute atomic E-state index is 0.431. The second-order valence-electron chi connectivity index (χ2n) is 3.93. The Morgan fingerprint density at radius 2 is 1.94 bits per heavy atom. The van der Waals surface area contributed by atoms with E-state index in [0.717, 1.165) is 32.8 Å². The molecule has 1 aliphatic heterocycles. The Labute approximate surface area is 108 Å². The summed E-state index contributed by atoms with van der Waals surface area (Å²) in [4.78, 5) is 11.6. The van der Waals surface area contributed by atoms with Crippen molar-refractivity contribution in [3.63, 3.8) is 0 Å². The van der Waals surface area contributed by atoms with Crippen LogP contribution in [0.5, 0.6) is 0 Å². The van der Waals surface area contributed by atoms with Crippen molar-refractivity contribution < 1.29 is 14.3 Å². The number of benzene rings is 1. The van der Waals surface area contributed by atoms with E-state index < -0.39 is 0 Å². The van der Waals surface area contributed by atoms with Crippen molar-refractivity contribution in [3.05, 3.63) is 35.9 Å². The number of ether oxygens (including phenoxy) is 2. The van der Waals surface area contributed by atoms with Gasteiger partial charge in [-0.2, -0.15) is 0 Å². The zero-order chi connectivity index (χ0) is 13.1. The topological polar surface area (TPSA) is 38.8 Å². The first kappa shape index (κ1) is 14.7. The fourth-order valence-corrected chi connectivity index (χ4v) is 1.67. The highest BCUT2D eigenvalue weighted by molar-refractivity contribution is 5.36. The van der Waals surface area contributed by atoms with E-state index in [2.05, 4.69) is 40.0 Å². The molecule has 0 saturated carbocycles. The van der Waals surface area contributed by atoms with Gasteiger partial charge in [0.05, 0.1) is 19.8 Å². The van der Waals surface area contributed by atoms with E-state index in [-0.39, 0.29) is 0 Å². The van der Waals surface area contributed by atoms with E-state index >= 15 is 0 Å². The molecule has 18 heavy (non-hydrogen) atoms. The summed E-state index contributed by atoms with van der Waals surface area (Å²) in [6.07, 6.45) is 0. The highest BCUT2D eigenvalue weighted by Gasteiger charge is 2.09. The number of nitrogens with zero attached hydrogens (tertiary/aromatic N) is 1. The normalized spacial score (nSPS) is 15.4. The molecule has 2 rings (SSSR count). The van der Waals surface area contributed by atoms with Crippen molar-refractivity contribution in [1.29, 1.82) is 0 Å². The molecule has 0 radical (unpaired) electrons. The quantitative estimate of drug-likeness (QED) is 0.763. The number of carbonyl (C=O) groups excluding carboxylic acids is 1. The predicted octanol–water partition coefficient (Wildman–Crippen LogP) is 1.70. The highest BCUT2D eigenvalue weighted by atomic mass is 16.5. The van der Waals surface area contributed by atoms with Crippen molar-refractivity contribution in [1.82, 2.24) is 4.90 Å². The molecule has 0 aliphatic carbocycles. The minimum Gasteiger partial charge on any atom is -0.468 e. The molecule has 1 aromatic carbocycles. The van der Waals surface area contributed by atoms with Crippen LogP contribution >= 0.6 is 0 Å². The van der Waals surface area contributed by atoms with E-state index in [1.54, 1.807) is 6.92 Å². The average molecular weight is 251 g/mol. The van der Waals surface area contributed by atoms with Gasteiger partial charge in [-0.1, -0.05) is 30.3 Å². The molecule has 1 aliphatic rings. The predicted molar refractivity (Wildman–Crippen MR) is 70.2 cm³/mol. The van der Waals surface area contributed by atoms with Crippen LogP contribution in [0.4, 0.5) is 0 Å². The highest BCUT2D eigenvalue weighted by Crippen LogP contribution is 2.05. The molecule has 0 atom stereocenters. The van der Waals surface area contributed by atoms with E-state index in [0.29, 0.717) is 13.1 Å². The Morgan fingerprint density at radius 3 is 2.44 bits per heavy atom. The maximum atomic E-state index is 9.18. The van der Waals surface area contributed by atoms with Gasteiger partial charge >= 0.3 is 0 Å². The van der Waals surface area contributed by atoms with Crippen LogP contribution in [0.2, 0.25) is 0 Å². The van der Waals surface area contributed by atoms with E-state index in [4.69, 9.17) is 4.74 Å². The average Bonchev–Trinajstić information content (AvgIpc) is 2.43. The fourth-order valence-electron chi connectivity index (χ4n) is 1.67.